The van der Waals surface area contributed by atoms with E-state index in [0.717, 1.165) is 5.56 Å². The van der Waals surface area contributed by atoms with Gasteiger partial charge in [0, 0.05) is 21.2 Å². The fourth-order valence-corrected chi connectivity index (χ4v) is 3.32. The molecule has 2 aromatic rings. The molecule has 0 saturated heterocycles. The van der Waals surface area contributed by atoms with Crippen molar-refractivity contribution in [2.75, 3.05) is 0 Å². The number of aryl methyl sites for hydroxylation is 1. The second-order valence-electron chi connectivity index (χ2n) is 5.78. The lowest BCUT2D eigenvalue weighted by Gasteiger charge is -2.08. The second-order valence-corrected chi connectivity index (χ2v) is 5.78. The molecule has 4 nitrogen and oxygen atoms in total. The molecule has 0 unspecified atom stereocenters. The van der Waals surface area contributed by atoms with Crippen molar-refractivity contribution in [3.8, 4) is 0 Å². The molecular formula is C19H13NO3. The Balaban J connectivity index is 2.71. The summed E-state index contributed by atoms with van der Waals surface area (Å²) in [4.78, 5) is 29.4. The number of hydrogen-bond donors (Lipinski definition) is 1. The fraction of sp³-hybridized carbons (Fsp3) is 0.105. The van der Waals surface area contributed by atoms with Crippen molar-refractivity contribution in [3.05, 3.63) is 78.2 Å². The minimum absolute atomic E-state index is 0.0832. The molecule has 0 bridgehead atoms. The summed E-state index contributed by atoms with van der Waals surface area (Å²) in [5.41, 5.74) is 0.795. The Morgan fingerprint density at radius 2 is 1.65 bits per heavy atom. The highest BCUT2D eigenvalue weighted by molar-refractivity contribution is 5.90. The maximum Gasteiger partial charge on any atom is 0.281 e. The van der Waals surface area contributed by atoms with Crippen LogP contribution in [-0.2, 0) is 0 Å². The first-order valence-corrected chi connectivity index (χ1v) is 7.32. The summed E-state index contributed by atoms with van der Waals surface area (Å²) in [6.07, 6.45) is 0. The third kappa shape index (κ3) is 1.69. The molecule has 0 aromatic heterocycles. The molecule has 1 aliphatic carbocycles. The van der Waals surface area contributed by atoms with Crippen molar-refractivity contribution in [2.45, 2.75) is 13.8 Å². The molecule has 0 fully saturated rings. The number of nitrogens with zero attached hydrogens (tertiary/aromatic N) is 1. The van der Waals surface area contributed by atoms with Gasteiger partial charge in [0.15, 0.2) is 5.43 Å². The summed E-state index contributed by atoms with van der Waals surface area (Å²) < 4.78 is 0. The molecule has 2 aromatic carbocycles. The lowest BCUT2D eigenvalue weighted by molar-refractivity contribution is 0.498. The highest BCUT2D eigenvalue weighted by atomic mass is 16.3. The summed E-state index contributed by atoms with van der Waals surface area (Å²) in [5, 5.41) is 13.2. The smallest absolute Gasteiger partial charge is 0.281 e. The quantitative estimate of drug-likeness (QED) is 0.539. The maximum atomic E-state index is 12.8. The molecule has 1 heterocycles. The van der Waals surface area contributed by atoms with Crippen molar-refractivity contribution in [2.24, 2.45) is 0 Å². The van der Waals surface area contributed by atoms with Crippen LogP contribution in [0, 0.1) is 17.4 Å². The van der Waals surface area contributed by atoms with E-state index in [4.69, 9.17) is 0 Å². The average molecular weight is 303 g/mol. The van der Waals surface area contributed by atoms with Gasteiger partial charge in [-0.3, -0.25) is 9.59 Å². The fourth-order valence-electron chi connectivity index (χ4n) is 3.32. The Bertz CT molecular complexity index is 1320. The lowest BCUT2D eigenvalue weighted by Crippen LogP contribution is -2.32. The van der Waals surface area contributed by atoms with Crippen LogP contribution in [0.15, 0.2) is 46.0 Å². The number of benzene rings is 2. The molecule has 2 aliphatic rings. The molecule has 112 valence electrons. The van der Waals surface area contributed by atoms with E-state index in [2.05, 4.69) is 4.98 Å². The van der Waals surface area contributed by atoms with Crippen LogP contribution in [0.5, 0.6) is 0 Å². The van der Waals surface area contributed by atoms with Gasteiger partial charge in [0.25, 0.3) is 5.56 Å². The molecule has 23 heavy (non-hydrogen) atoms. The zero-order chi connectivity index (χ0) is 16.3. The summed E-state index contributed by atoms with van der Waals surface area (Å²) in [6, 6.07) is 10.7. The zero-order valence-electron chi connectivity index (χ0n) is 12.7. The van der Waals surface area contributed by atoms with Crippen LogP contribution in [0.1, 0.15) is 12.5 Å². The van der Waals surface area contributed by atoms with Crippen molar-refractivity contribution in [3.63, 3.8) is 0 Å². The summed E-state index contributed by atoms with van der Waals surface area (Å²) in [6.45, 7) is 3.32. The Hall–Kier alpha value is -3.01. The molecule has 0 radical (unpaired) electrons. The van der Waals surface area contributed by atoms with E-state index in [1.807, 2.05) is 13.0 Å². The van der Waals surface area contributed by atoms with Gasteiger partial charge < -0.3 is 5.11 Å². The van der Waals surface area contributed by atoms with Crippen molar-refractivity contribution < 1.29 is 5.11 Å². The number of hydrogen-bond acceptors (Lipinski definition) is 4. The molecular weight excluding hydrogens is 290 g/mol. The molecule has 0 spiro atoms. The minimum atomic E-state index is -0.475. The number of aliphatic hydroxyl groups excluding tert-OH is 1. The van der Waals surface area contributed by atoms with Gasteiger partial charge in [-0.25, -0.2) is 4.98 Å². The second kappa shape index (κ2) is 4.49. The average Bonchev–Trinajstić information content (AvgIpc) is 2.53. The standard InChI is InChI=1S/C19H13NO3/c1-9-7-8-13-16-15(11-5-3-4-6-12(11)18(13)22)14(10(2)21)19(23)20-17(9)16/h3-8,21H,1-2H3/b14-10-. The topological polar surface area (TPSA) is 67.3 Å². The van der Waals surface area contributed by atoms with Gasteiger partial charge in [-0.2, -0.15) is 0 Å². The SMILES string of the molecule is C/C(O)=c1/c(=O)nc2c(C)ccc3c2=c1c1ccccc1c3=O. The van der Waals surface area contributed by atoms with E-state index in [0.29, 0.717) is 32.1 Å². The van der Waals surface area contributed by atoms with Crippen LogP contribution in [0.3, 0.4) is 0 Å². The van der Waals surface area contributed by atoms with Gasteiger partial charge in [0.2, 0.25) is 0 Å². The number of aliphatic hydroxyl groups is 1. The van der Waals surface area contributed by atoms with E-state index in [1.165, 1.54) is 6.92 Å². The van der Waals surface area contributed by atoms with Gasteiger partial charge in [-0.15, -0.1) is 0 Å². The first kappa shape index (κ1) is 13.6. The largest absolute Gasteiger partial charge is 0.512 e. The molecule has 4 heteroatoms. The van der Waals surface area contributed by atoms with Crippen LogP contribution >= 0.6 is 0 Å². The summed E-state index contributed by atoms with van der Waals surface area (Å²) in [7, 11) is 0. The van der Waals surface area contributed by atoms with E-state index in [1.54, 1.807) is 30.3 Å². The van der Waals surface area contributed by atoms with E-state index in [-0.39, 0.29) is 16.4 Å². The predicted octanol–water partition coefficient (Wildman–Crippen LogP) is 1.98. The number of aromatic nitrogens is 1. The van der Waals surface area contributed by atoms with Crippen LogP contribution in [0.2, 0.25) is 0 Å². The van der Waals surface area contributed by atoms with Crippen LogP contribution in [0.4, 0.5) is 0 Å². The van der Waals surface area contributed by atoms with Gasteiger partial charge in [-0.05, 0) is 30.9 Å². The van der Waals surface area contributed by atoms with Gasteiger partial charge in [0.05, 0.1) is 10.7 Å². The van der Waals surface area contributed by atoms with E-state index in [9.17, 15) is 14.7 Å². The first-order valence-electron chi connectivity index (χ1n) is 7.32. The third-order valence-electron chi connectivity index (χ3n) is 4.35. The minimum Gasteiger partial charge on any atom is -0.512 e. The van der Waals surface area contributed by atoms with Gasteiger partial charge >= 0.3 is 0 Å². The van der Waals surface area contributed by atoms with Crippen molar-refractivity contribution in [1.29, 1.82) is 0 Å². The number of rotatable bonds is 0. The lowest BCUT2D eigenvalue weighted by atomic mass is 9.97. The van der Waals surface area contributed by atoms with Gasteiger partial charge in [0.1, 0.15) is 5.76 Å². The molecule has 0 saturated carbocycles. The Kier molecular flexibility index (Phi) is 2.66. The molecule has 0 amide bonds. The Morgan fingerprint density at radius 3 is 2.35 bits per heavy atom. The third-order valence-corrected chi connectivity index (χ3v) is 4.35. The zero-order valence-corrected chi connectivity index (χ0v) is 12.7. The molecule has 1 aliphatic heterocycles. The summed E-state index contributed by atoms with van der Waals surface area (Å²) >= 11 is 0. The van der Waals surface area contributed by atoms with Crippen molar-refractivity contribution in [1.82, 2.24) is 4.98 Å². The maximum absolute atomic E-state index is 12.8. The van der Waals surface area contributed by atoms with Crippen LogP contribution < -0.4 is 16.2 Å². The Morgan fingerprint density at radius 1 is 0.957 bits per heavy atom. The van der Waals surface area contributed by atoms with E-state index >= 15 is 0 Å². The highest BCUT2D eigenvalue weighted by Gasteiger charge is 2.14. The normalized spacial score (nSPS) is 13.1. The Labute approximate surface area is 130 Å². The van der Waals surface area contributed by atoms with Gasteiger partial charge in [-0.1, -0.05) is 30.3 Å². The molecule has 1 N–H and O–H groups in total. The first-order chi connectivity index (χ1) is 11.0. The van der Waals surface area contributed by atoms with E-state index < -0.39 is 5.56 Å². The van der Waals surface area contributed by atoms with Crippen LogP contribution in [-0.4, -0.2) is 10.1 Å². The number of fused-ring (bicyclic) bond motifs is 2. The highest BCUT2D eigenvalue weighted by Crippen LogP contribution is 2.20. The molecule has 0 atom stereocenters. The predicted molar refractivity (Wildman–Crippen MR) is 89.9 cm³/mol. The monoisotopic (exact) mass is 303 g/mol. The van der Waals surface area contributed by atoms with Crippen molar-refractivity contribution >= 4 is 27.4 Å². The molecule has 4 rings (SSSR count). The van der Waals surface area contributed by atoms with Crippen LogP contribution in [0.25, 0.3) is 27.4 Å². The summed E-state index contributed by atoms with van der Waals surface area (Å²) in [5.74, 6) is -0.0870.